The number of anilines is 2. The molecule has 0 spiro atoms. The van der Waals surface area contributed by atoms with Crippen molar-refractivity contribution in [2.45, 2.75) is 11.9 Å². The Labute approximate surface area is 151 Å². The van der Waals surface area contributed by atoms with Crippen molar-refractivity contribution >= 4 is 45.1 Å². The Morgan fingerprint density at radius 3 is 2.67 bits per heavy atom. The van der Waals surface area contributed by atoms with Crippen molar-refractivity contribution in [2.75, 3.05) is 16.8 Å². The minimum Gasteiger partial charge on any atom is -0.383 e. The molecule has 1 aromatic carbocycles. The van der Waals surface area contributed by atoms with E-state index < -0.39 is 0 Å². The molecular weight excluding hydrogens is 390 g/mol. The molecule has 8 heteroatoms. The minimum atomic E-state index is -0.238. The molecule has 3 N–H and O–H groups in total. The quantitative estimate of drug-likeness (QED) is 0.759. The Morgan fingerprint density at radius 2 is 2.04 bits per heavy atom. The molecule has 0 saturated carbocycles. The summed E-state index contributed by atoms with van der Waals surface area (Å²) in [7, 11) is 0. The van der Waals surface area contributed by atoms with Crippen molar-refractivity contribution in [3.05, 3.63) is 45.4 Å². The maximum absolute atomic E-state index is 12.1. The fourth-order valence-electron chi connectivity index (χ4n) is 1.83. The van der Waals surface area contributed by atoms with Gasteiger partial charge in [0.05, 0.1) is 22.6 Å². The zero-order valence-electron chi connectivity index (χ0n) is 12.6. The average molecular weight is 402 g/mol. The highest BCUT2D eigenvalue weighted by atomic mass is 79.9. The zero-order valence-corrected chi connectivity index (χ0v) is 15.0. The molecule has 0 bridgehead atoms. The van der Waals surface area contributed by atoms with Gasteiger partial charge in [-0.15, -0.1) is 0 Å². The van der Waals surface area contributed by atoms with Crippen LogP contribution < -0.4 is 11.1 Å². The number of hydrogen-bond acceptors (Lipinski definition) is 6. The molecule has 2 aromatic rings. The molecular formula is C16H12BrN5OS. The van der Waals surface area contributed by atoms with E-state index in [0.29, 0.717) is 10.7 Å². The Hall–Kier alpha value is -2.55. The summed E-state index contributed by atoms with van der Waals surface area (Å²) in [5, 5.41) is 21.1. The summed E-state index contributed by atoms with van der Waals surface area (Å²) in [6.45, 7) is 1.95. The first-order valence-electron chi connectivity index (χ1n) is 6.74. The summed E-state index contributed by atoms with van der Waals surface area (Å²) in [6, 6.07) is 10.8. The van der Waals surface area contributed by atoms with Gasteiger partial charge in [0.15, 0.2) is 0 Å². The van der Waals surface area contributed by atoms with Gasteiger partial charge in [-0.3, -0.25) is 4.79 Å². The second-order valence-corrected chi connectivity index (χ2v) is 6.64. The second-order valence-electron chi connectivity index (χ2n) is 4.82. The maximum atomic E-state index is 12.1. The molecule has 0 radical (unpaired) electrons. The van der Waals surface area contributed by atoms with E-state index in [0.717, 1.165) is 21.8 Å². The number of aromatic nitrogens is 1. The van der Waals surface area contributed by atoms with E-state index in [2.05, 4.69) is 26.2 Å². The third-order valence-electron chi connectivity index (χ3n) is 3.00. The molecule has 0 aliphatic carbocycles. The van der Waals surface area contributed by atoms with E-state index in [4.69, 9.17) is 16.3 Å². The SMILES string of the molecule is Cc1ccc(NC(=O)CSc2nc(N)c(C#N)cc2C#N)c(Br)c1. The van der Waals surface area contributed by atoms with Crippen molar-refractivity contribution in [2.24, 2.45) is 0 Å². The molecule has 24 heavy (non-hydrogen) atoms. The molecule has 1 heterocycles. The predicted molar refractivity (Wildman–Crippen MR) is 96.3 cm³/mol. The van der Waals surface area contributed by atoms with Gasteiger partial charge in [-0.2, -0.15) is 10.5 Å². The number of nitrogen functional groups attached to an aromatic ring is 1. The highest BCUT2D eigenvalue weighted by Crippen LogP contribution is 2.26. The van der Waals surface area contributed by atoms with Crippen molar-refractivity contribution in [3.8, 4) is 12.1 Å². The van der Waals surface area contributed by atoms with Gasteiger partial charge in [-0.25, -0.2) is 4.98 Å². The topological polar surface area (TPSA) is 116 Å². The number of rotatable bonds is 4. The average Bonchev–Trinajstić information content (AvgIpc) is 2.55. The standard InChI is InChI=1S/C16H12BrN5OS/c1-9-2-3-13(12(17)4-9)21-14(23)8-24-16-11(7-19)5-10(6-18)15(20)22-16/h2-5H,8H2,1H3,(H2,20,22)(H,21,23). The fraction of sp³-hybridized carbons (Fsp3) is 0.125. The van der Waals surface area contributed by atoms with Gasteiger partial charge in [-0.1, -0.05) is 17.8 Å². The number of nitrogens with two attached hydrogens (primary N) is 1. The third kappa shape index (κ3) is 4.25. The Kier molecular flexibility index (Phi) is 5.80. The number of pyridine rings is 1. The number of thioether (sulfide) groups is 1. The van der Waals surface area contributed by atoms with Crippen molar-refractivity contribution < 1.29 is 4.79 Å². The van der Waals surface area contributed by atoms with Crippen molar-refractivity contribution in [1.29, 1.82) is 10.5 Å². The van der Waals surface area contributed by atoms with Gasteiger partial charge in [0, 0.05) is 4.47 Å². The lowest BCUT2D eigenvalue weighted by Gasteiger charge is -2.09. The Balaban J connectivity index is 2.08. The predicted octanol–water partition coefficient (Wildman–Crippen LogP) is 3.21. The number of carbonyl (C=O) groups is 1. The van der Waals surface area contributed by atoms with Crippen LogP contribution in [0.4, 0.5) is 11.5 Å². The Morgan fingerprint density at radius 1 is 1.33 bits per heavy atom. The fourth-order valence-corrected chi connectivity index (χ4v) is 3.19. The highest BCUT2D eigenvalue weighted by molar-refractivity contribution is 9.10. The van der Waals surface area contributed by atoms with Crippen molar-refractivity contribution in [3.63, 3.8) is 0 Å². The molecule has 0 atom stereocenters. The van der Waals surface area contributed by atoms with Gasteiger partial charge in [0.2, 0.25) is 5.91 Å². The van der Waals surface area contributed by atoms with Crippen LogP contribution in [-0.4, -0.2) is 16.6 Å². The molecule has 0 aliphatic heterocycles. The molecule has 0 fully saturated rings. The normalized spacial score (nSPS) is 9.83. The van der Waals surface area contributed by atoms with Gasteiger partial charge < -0.3 is 11.1 Å². The summed E-state index contributed by atoms with van der Waals surface area (Å²) in [5.74, 6) is -0.133. The van der Waals surface area contributed by atoms with Crippen LogP contribution in [0.5, 0.6) is 0 Å². The van der Waals surface area contributed by atoms with E-state index in [1.54, 1.807) is 6.07 Å². The molecule has 1 amide bonds. The van der Waals surface area contributed by atoms with E-state index in [1.807, 2.05) is 31.2 Å². The molecule has 2 rings (SSSR count). The lowest BCUT2D eigenvalue weighted by molar-refractivity contribution is -0.113. The minimum absolute atomic E-state index is 0.0423. The van der Waals surface area contributed by atoms with Crippen LogP contribution in [0.25, 0.3) is 0 Å². The molecule has 120 valence electrons. The number of aryl methyl sites for hydroxylation is 1. The van der Waals surface area contributed by atoms with Crippen LogP contribution >= 0.6 is 27.7 Å². The number of benzene rings is 1. The number of hydrogen-bond donors (Lipinski definition) is 2. The van der Waals surface area contributed by atoms with Gasteiger partial charge >= 0.3 is 0 Å². The molecule has 0 unspecified atom stereocenters. The lowest BCUT2D eigenvalue weighted by Crippen LogP contribution is -2.14. The van der Waals surface area contributed by atoms with Crippen LogP contribution in [0.2, 0.25) is 0 Å². The van der Waals surface area contributed by atoms with Gasteiger partial charge in [-0.05, 0) is 46.6 Å². The summed E-state index contributed by atoms with van der Waals surface area (Å²) in [4.78, 5) is 16.1. The first-order chi connectivity index (χ1) is 11.4. The molecule has 0 aliphatic rings. The molecule has 6 nitrogen and oxygen atoms in total. The summed E-state index contributed by atoms with van der Waals surface area (Å²) in [5.41, 5.74) is 7.76. The van der Waals surface area contributed by atoms with Crippen molar-refractivity contribution in [1.82, 2.24) is 4.98 Å². The largest absolute Gasteiger partial charge is 0.383 e. The molecule has 0 saturated heterocycles. The summed E-state index contributed by atoms with van der Waals surface area (Å²) in [6.07, 6.45) is 0. The Bertz CT molecular complexity index is 885. The van der Waals surface area contributed by atoms with E-state index >= 15 is 0 Å². The van der Waals surface area contributed by atoms with E-state index in [1.165, 1.54) is 6.07 Å². The van der Waals surface area contributed by atoms with E-state index in [9.17, 15) is 4.79 Å². The summed E-state index contributed by atoms with van der Waals surface area (Å²) >= 11 is 4.49. The maximum Gasteiger partial charge on any atom is 0.234 e. The van der Waals surface area contributed by atoms with Crippen LogP contribution in [0.3, 0.4) is 0 Å². The number of nitrogens with zero attached hydrogens (tertiary/aromatic N) is 3. The first-order valence-corrected chi connectivity index (χ1v) is 8.52. The van der Waals surface area contributed by atoms with E-state index in [-0.39, 0.29) is 28.6 Å². The zero-order chi connectivity index (χ0) is 17.7. The molecule has 1 aromatic heterocycles. The lowest BCUT2D eigenvalue weighted by atomic mass is 10.2. The van der Waals surface area contributed by atoms with Gasteiger partial charge in [0.1, 0.15) is 23.0 Å². The van der Waals surface area contributed by atoms with Crippen LogP contribution in [0.15, 0.2) is 33.8 Å². The third-order valence-corrected chi connectivity index (χ3v) is 4.64. The number of nitriles is 2. The number of carbonyl (C=O) groups excluding carboxylic acids is 1. The number of halogens is 1. The number of amides is 1. The van der Waals surface area contributed by atoms with Crippen LogP contribution in [0.1, 0.15) is 16.7 Å². The number of nitrogens with one attached hydrogen (secondary N) is 1. The van der Waals surface area contributed by atoms with Crippen LogP contribution in [-0.2, 0) is 4.79 Å². The monoisotopic (exact) mass is 401 g/mol. The smallest absolute Gasteiger partial charge is 0.234 e. The second kappa shape index (κ2) is 7.82. The van der Waals surface area contributed by atoms with Gasteiger partial charge in [0.25, 0.3) is 0 Å². The first kappa shape index (κ1) is 17.8. The highest BCUT2D eigenvalue weighted by Gasteiger charge is 2.13. The van der Waals surface area contributed by atoms with Crippen LogP contribution in [0, 0.1) is 29.6 Å². The summed E-state index contributed by atoms with van der Waals surface area (Å²) < 4.78 is 0.791.